The van der Waals surface area contributed by atoms with Crippen molar-refractivity contribution in [1.82, 2.24) is 4.98 Å². The number of nitrogens with one attached hydrogen (secondary N) is 1. The second-order valence-corrected chi connectivity index (χ2v) is 6.49. The number of carbonyl (C=O) groups is 1. The lowest BCUT2D eigenvalue weighted by Gasteiger charge is -2.36. The van der Waals surface area contributed by atoms with E-state index in [2.05, 4.69) is 24.1 Å². The Kier molecular flexibility index (Phi) is 4.70. The first kappa shape index (κ1) is 15.6. The van der Waals surface area contributed by atoms with Crippen molar-refractivity contribution in [3.8, 4) is 0 Å². The van der Waals surface area contributed by atoms with E-state index in [-0.39, 0.29) is 5.97 Å². The van der Waals surface area contributed by atoms with E-state index in [0.29, 0.717) is 35.1 Å². The number of aromatic nitrogens is 1. The summed E-state index contributed by atoms with van der Waals surface area (Å²) in [6.45, 7) is 6.69. The van der Waals surface area contributed by atoms with Crippen molar-refractivity contribution in [2.45, 2.75) is 52.5 Å². The molecule has 0 saturated heterocycles. The molecule has 1 aliphatic carbocycles. The van der Waals surface area contributed by atoms with Crippen molar-refractivity contribution in [2.75, 3.05) is 17.7 Å². The van der Waals surface area contributed by atoms with Gasteiger partial charge >= 0.3 is 5.97 Å². The van der Waals surface area contributed by atoms with Crippen LogP contribution in [-0.2, 0) is 4.74 Å². The molecule has 1 aromatic heterocycles. The van der Waals surface area contributed by atoms with Crippen LogP contribution < -0.4 is 11.1 Å². The molecule has 1 atom stereocenters. The van der Waals surface area contributed by atoms with E-state index in [1.807, 2.05) is 0 Å². The molecule has 3 N–H and O–H groups in total. The van der Waals surface area contributed by atoms with Crippen molar-refractivity contribution >= 4 is 17.5 Å². The molecule has 5 nitrogen and oxygen atoms in total. The predicted octanol–water partition coefficient (Wildman–Crippen LogP) is 3.22. The van der Waals surface area contributed by atoms with Crippen LogP contribution in [0.1, 0.15) is 56.8 Å². The number of nitrogens with two attached hydrogens (primary N) is 1. The van der Waals surface area contributed by atoms with E-state index in [0.717, 1.165) is 12.8 Å². The first-order valence-electron chi connectivity index (χ1n) is 7.60. The fourth-order valence-electron chi connectivity index (χ4n) is 2.98. The summed E-state index contributed by atoms with van der Waals surface area (Å²) in [6, 6.07) is 1.96. The standard InChI is InChI=1S/C16H25N3O2/c1-4-21-15(20)13-8-11(17)10-18-14(13)19-12-6-5-7-16(2,3)9-12/h8,10,12H,4-7,9,17H2,1-3H3,(H,18,19). The zero-order chi connectivity index (χ0) is 15.5. The molecule has 0 spiro atoms. The molecule has 0 bridgehead atoms. The molecule has 1 unspecified atom stereocenters. The van der Waals surface area contributed by atoms with Crippen LogP contribution in [0.3, 0.4) is 0 Å². The van der Waals surface area contributed by atoms with E-state index in [1.165, 1.54) is 12.8 Å². The Bertz CT molecular complexity index is 514. The van der Waals surface area contributed by atoms with Gasteiger partial charge in [-0.3, -0.25) is 0 Å². The molecular formula is C16H25N3O2. The van der Waals surface area contributed by atoms with Crippen LogP contribution >= 0.6 is 0 Å². The van der Waals surface area contributed by atoms with Crippen molar-refractivity contribution in [3.63, 3.8) is 0 Å². The molecule has 0 aliphatic heterocycles. The minimum absolute atomic E-state index is 0.327. The number of hydrogen-bond acceptors (Lipinski definition) is 5. The smallest absolute Gasteiger partial charge is 0.341 e. The van der Waals surface area contributed by atoms with E-state index in [9.17, 15) is 4.79 Å². The quantitative estimate of drug-likeness (QED) is 0.833. The molecule has 1 heterocycles. The maximum atomic E-state index is 12.0. The Balaban J connectivity index is 2.17. The molecule has 1 aromatic rings. The Morgan fingerprint density at radius 3 is 3.00 bits per heavy atom. The number of ether oxygens (including phenoxy) is 1. The van der Waals surface area contributed by atoms with Crippen LogP contribution in [0.25, 0.3) is 0 Å². The van der Waals surface area contributed by atoms with E-state index < -0.39 is 0 Å². The fraction of sp³-hybridized carbons (Fsp3) is 0.625. The maximum Gasteiger partial charge on any atom is 0.341 e. The highest BCUT2D eigenvalue weighted by Crippen LogP contribution is 2.36. The van der Waals surface area contributed by atoms with Gasteiger partial charge in [0.1, 0.15) is 11.4 Å². The summed E-state index contributed by atoms with van der Waals surface area (Å²) >= 11 is 0. The van der Waals surface area contributed by atoms with Crippen molar-refractivity contribution in [1.29, 1.82) is 0 Å². The second kappa shape index (κ2) is 6.33. The summed E-state index contributed by atoms with van der Waals surface area (Å²) in [5.74, 6) is 0.195. The molecule has 21 heavy (non-hydrogen) atoms. The Morgan fingerprint density at radius 1 is 1.57 bits per heavy atom. The average molecular weight is 291 g/mol. The monoisotopic (exact) mass is 291 g/mol. The van der Waals surface area contributed by atoms with Gasteiger partial charge in [0.25, 0.3) is 0 Å². The lowest BCUT2D eigenvalue weighted by Crippen LogP contribution is -2.32. The third-order valence-corrected chi connectivity index (χ3v) is 3.95. The number of nitrogens with zero attached hydrogens (tertiary/aromatic N) is 1. The SMILES string of the molecule is CCOC(=O)c1cc(N)cnc1NC1CCCC(C)(C)C1. The molecule has 2 rings (SSSR count). The van der Waals surface area contributed by atoms with Gasteiger partial charge in [0, 0.05) is 6.04 Å². The molecular weight excluding hydrogens is 266 g/mol. The van der Waals surface area contributed by atoms with Gasteiger partial charge in [0.15, 0.2) is 0 Å². The van der Waals surface area contributed by atoms with Crippen LogP contribution in [0.4, 0.5) is 11.5 Å². The summed E-state index contributed by atoms with van der Waals surface area (Å²) < 4.78 is 5.08. The Labute approximate surface area is 126 Å². The van der Waals surface area contributed by atoms with Crippen molar-refractivity contribution < 1.29 is 9.53 Å². The second-order valence-electron chi connectivity index (χ2n) is 6.49. The average Bonchev–Trinajstić information content (AvgIpc) is 2.40. The summed E-state index contributed by atoms with van der Waals surface area (Å²) in [5, 5.41) is 3.40. The molecule has 1 fully saturated rings. The van der Waals surface area contributed by atoms with Crippen LogP contribution in [-0.4, -0.2) is 23.6 Å². The highest BCUT2D eigenvalue weighted by molar-refractivity contribution is 5.95. The Morgan fingerprint density at radius 2 is 2.33 bits per heavy atom. The first-order valence-corrected chi connectivity index (χ1v) is 7.60. The van der Waals surface area contributed by atoms with Crippen LogP contribution in [0.2, 0.25) is 0 Å². The molecule has 5 heteroatoms. The molecule has 0 amide bonds. The number of nitrogen functional groups attached to an aromatic ring is 1. The van der Waals surface area contributed by atoms with Gasteiger partial charge in [-0.05, 0) is 37.7 Å². The minimum Gasteiger partial charge on any atom is -0.462 e. The highest BCUT2D eigenvalue weighted by Gasteiger charge is 2.29. The Hall–Kier alpha value is -1.78. The van der Waals surface area contributed by atoms with Gasteiger partial charge in [0.05, 0.1) is 18.5 Å². The number of pyridine rings is 1. The largest absolute Gasteiger partial charge is 0.462 e. The lowest BCUT2D eigenvalue weighted by molar-refractivity contribution is 0.0527. The van der Waals surface area contributed by atoms with Crippen LogP contribution in [0.5, 0.6) is 0 Å². The van der Waals surface area contributed by atoms with Crippen LogP contribution in [0.15, 0.2) is 12.3 Å². The predicted molar refractivity (Wildman–Crippen MR) is 84.3 cm³/mol. The maximum absolute atomic E-state index is 12.0. The molecule has 0 radical (unpaired) electrons. The molecule has 1 aliphatic rings. The minimum atomic E-state index is -0.380. The van der Waals surface area contributed by atoms with E-state index >= 15 is 0 Å². The van der Waals surface area contributed by atoms with Crippen molar-refractivity contribution in [2.24, 2.45) is 5.41 Å². The van der Waals surface area contributed by atoms with Gasteiger partial charge < -0.3 is 15.8 Å². The summed E-state index contributed by atoms with van der Waals surface area (Å²) in [7, 11) is 0. The first-order chi connectivity index (χ1) is 9.91. The molecule has 0 aromatic carbocycles. The topological polar surface area (TPSA) is 77.2 Å². The van der Waals surface area contributed by atoms with Gasteiger partial charge in [-0.2, -0.15) is 0 Å². The van der Waals surface area contributed by atoms with Crippen LogP contribution in [0, 0.1) is 5.41 Å². The van der Waals surface area contributed by atoms with Gasteiger partial charge in [-0.25, -0.2) is 9.78 Å². The number of anilines is 2. The van der Waals surface area contributed by atoms with E-state index in [4.69, 9.17) is 10.5 Å². The summed E-state index contributed by atoms with van der Waals surface area (Å²) in [5.41, 5.74) is 6.95. The zero-order valence-electron chi connectivity index (χ0n) is 13.1. The third kappa shape index (κ3) is 4.09. The number of hydrogen-bond donors (Lipinski definition) is 2. The zero-order valence-corrected chi connectivity index (χ0v) is 13.1. The van der Waals surface area contributed by atoms with Gasteiger partial charge in [-0.15, -0.1) is 0 Å². The van der Waals surface area contributed by atoms with Gasteiger partial charge in [0.2, 0.25) is 0 Å². The lowest BCUT2D eigenvalue weighted by atomic mass is 9.75. The molecule has 116 valence electrons. The summed E-state index contributed by atoms with van der Waals surface area (Å²) in [6.07, 6.45) is 6.16. The number of esters is 1. The number of rotatable bonds is 4. The van der Waals surface area contributed by atoms with Gasteiger partial charge in [-0.1, -0.05) is 20.3 Å². The highest BCUT2D eigenvalue weighted by atomic mass is 16.5. The molecule has 1 saturated carbocycles. The van der Waals surface area contributed by atoms with E-state index in [1.54, 1.807) is 19.2 Å². The number of carbonyl (C=O) groups excluding carboxylic acids is 1. The normalized spacial score (nSPS) is 20.8. The summed E-state index contributed by atoms with van der Waals surface area (Å²) in [4.78, 5) is 16.3. The third-order valence-electron chi connectivity index (χ3n) is 3.95. The fourth-order valence-corrected chi connectivity index (χ4v) is 2.98. The van der Waals surface area contributed by atoms with Crippen molar-refractivity contribution in [3.05, 3.63) is 17.8 Å².